The summed E-state index contributed by atoms with van der Waals surface area (Å²) in [6, 6.07) is 0. The molecule has 19 heavy (non-hydrogen) atoms. The molecular weight excluding hydrogens is 242 g/mol. The summed E-state index contributed by atoms with van der Waals surface area (Å²) in [7, 11) is 0. The van der Waals surface area contributed by atoms with Gasteiger partial charge in [-0.2, -0.15) is 0 Å². The average Bonchev–Trinajstić information content (AvgIpc) is 3.06. The van der Waals surface area contributed by atoms with Crippen LogP contribution in [-0.4, -0.2) is 22.5 Å². The predicted molar refractivity (Wildman–Crippen MR) is 68.3 cm³/mol. The summed E-state index contributed by atoms with van der Waals surface area (Å²) < 4.78 is 0. The van der Waals surface area contributed by atoms with E-state index in [1.54, 1.807) is 0 Å². The summed E-state index contributed by atoms with van der Waals surface area (Å²) in [5, 5.41) is 12.4. The molecule has 0 aromatic rings. The first-order chi connectivity index (χ1) is 9.01. The van der Waals surface area contributed by atoms with Crippen LogP contribution in [0.5, 0.6) is 0 Å². The second kappa shape index (κ2) is 3.53. The van der Waals surface area contributed by atoms with Gasteiger partial charge in [0.25, 0.3) is 0 Å². The van der Waals surface area contributed by atoms with E-state index in [-0.39, 0.29) is 11.4 Å². The zero-order valence-electron chi connectivity index (χ0n) is 11.2. The Labute approximate surface area is 112 Å². The summed E-state index contributed by atoms with van der Waals surface area (Å²) in [6.07, 6.45) is 8.28. The van der Waals surface area contributed by atoms with Crippen LogP contribution < -0.4 is 5.32 Å². The first-order valence-electron chi connectivity index (χ1n) is 7.57. The van der Waals surface area contributed by atoms with Crippen LogP contribution in [0.1, 0.15) is 51.4 Å². The number of hydrogen-bond acceptors (Lipinski definition) is 2. The lowest BCUT2D eigenvalue weighted by Crippen LogP contribution is -2.61. The molecule has 0 spiro atoms. The van der Waals surface area contributed by atoms with E-state index in [9.17, 15) is 14.7 Å². The minimum absolute atomic E-state index is 0.0587. The fourth-order valence-electron chi connectivity index (χ4n) is 5.29. The fourth-order valence-corrected chi connectivity index (χ4v) is 5.29. The van der Waals surface area contributed by atoms with Gasteiger partial charge in [0.2, 0.25) is 5.91 Å². The maximum Gasteiger partial charge on any atom is 0.319 e. The van der Waals surface area contributed by atoms with E-state index in [1.165, 1.54) is 19.3 Å². The molecule has 4 bridgehead atoms. The first-order valence-corrected chi connectivity index (χ1v) is 7.57. The van der Waals surface area contributed by atoms with Gasteiger partial charge >= 0.3 is 5.97 Å². The van der Waals surface area contributed by atoms with Crippen LogP contribution >= 0.6 is 0 Å². The molecule has 0 heterocycles. The molecule has 0 radical (unpaired) electrons. The Bertz CT molecular complexity index is 417. The minimum atomic E-state index is -1.08. The highest BCUT2D eigenvalue weighted by Crippen LogP contribution is 2.56. The molecule has 0 aromatic heterocycles. The Kier molecular flexibility index (Phi) is 2.18. The molecule has 5 saturated carbocycles. The zero-order valence-corrected chi connectivity index (χ0v) is 11.2. The maximum absolute atomic E-state index is 12.4. The molecule has 4 nitrogen and oxygen atoms in total. The van der Waals surface area contributed by atoms with E-state index in [1.807, 2.05) is 0 Å². The van der Waals surface area contributed by atoms with Crippen molar-refractivity contribution in [3.63, 3.8) is 0 Å². The molecule has 0 saturated heterocycles. The van der Waals surface area contributed by atoms with Crippen molar-refractivity contribution in [1.82, 2.24) is 5.32 Å². The van der Waals surface area contributed by atoms with E-state index < -0.39 is 11.4 Å². The second-order valence-corrected chi connectivity index (χ2v) is 7.54. The number of aliphatic carboxylic acids is 1. The third-order valence-corrected chi connectivity index (χ3v) is 6.01. The highest BCUT2D eigenvalue weighted by Gasteiger charge is 2.60. The molecule has 4 heteroatoms. The molecule has 1 amide bonds. The predicted octanol–water partition coefficient (Wildman–Crippen LogP) is 1.94. The SMILES string of the molecule is O=C(O)C1(C(=O)NC23CC4CC(CC(C4)C2)C3)CC1. The van der Waals surface area contributed by atoms with Crippen molar-refractivity contribution >= 4 is 11.9 Å². The molecule has 5 fully saturated rings. The quantitative estimate of drug-likeness (QED) is 0.765. The molecule has 0 aliphatic heterocycles. The van der Waals surface area contributed by atoms with Crippen molar-refractivity contribution in [2.75, 3.05) is 0 Å². The highest BCUT2D eigenvalue weighted by atomic mass is 16.4. The van der Waals surface area contributed by atoms with Gasteiger partial charge in [-0.3, -0.25) is 9.59 Å². The van der Waals surface area contributed by atoms with E-state index in [0.29, 0.717) is 12.8 Å². The molecule has 0 aromatic carbocycles. The normalized spacial score (nSPS) is 44.9. The van der Waals surface area contributed by atoms with Crippen molar-refractivity contribution in [3.05, 3.63) is 0 Å². The monoisotopic (exact) mass is 263 g/mol. The van der Waals surface area contributed by atoms with Gasteiger partial charge in [-0.15, -0.1) is 0 Å². The van der Waals surface area contributed by atoms with Crippen molar-refractivity contribution in [2.24, 2.45) is 23.2 Å². The number of amides is 1. The number of carbonyl (C=O) groups excluding carboxylic acids is 1. The topological polar surface area (TPSA) is 66.4 Å². The third kappa shape index (κ3) is 1.65. The molecular formula is C15H21NO3. The Morgan fingerprint density at radius 1 is 0.947 bits per heavy atom. The van der Waals surface area contributed by atoms with Crippen LogP contribution in [0.3, 0.4) is 0 Å². The number of carboxylic acids is 1. The molecule has 2 N–H and O–H groups in total. The Morgan fingerprint density at radius 3 is 1.79 bits per heavy atom. The number of hydrogen-bond donors (Lipinski definition) is 2. The van der Waals surface area contributed by atoms with Crippen LogP contribution in [0.25, 0.3) is 0 Å². The van der Waals surface area contributed by atoms with E-state index in [0.717, 1.165) is 37.0 Å². The summed E-state index contributed by atoms with van der Waals surface area (Å²) in [5.74, 6) is 1.17. The third-order valence-electron chi connectivity index (χ3n) is 6.01. The molecule has 104 valence electrons. The lowest BCUT2D eigenvalue weighted by molar-refractivity contribution is -0.150. The van der Waals surface area contributed by atoms with Crippen LogP contribution in [-0.2, 0) is 9.59 Å². The Hall–Kier alpha value is -1.06. The van der Waals surface area contributed by atoms with Gasteiger partial charge in [0.05, 0.1) is 0 Å². The van der Waals surface area contributed by atoms with Gasteiger partial charge in [-0.05, 0) is 69.1 Å². The van der Waals surface area contributed by atoms with E-state index >= 15 is 0 Å². The summed E-state index contributed by atoms with van der Waals surface area (Å²) in [4.78, 5) is 23.6. The average molecular weight is 263 g/mol. The van der Waals surface area contributed by atoms with Crippen molar-refractivity contribution in [2.45, 2.75) is 56.9 Å². The first kappa shape index (κ1) is 11.7. The largest absolute Gasteiger partial charge is 0.480 e. The van der Waals surface area contributed by atoms with Crippen molar-refractivity contribution in [1.29, 1.82) is 0 Å². The second-order valence-electron chi connectivity index (χ2n) is 7.54. The van der Waals surface area contributed by atoms with Gasteiger partial charge in [0, 0.05) is 5.54 Å². The van der Waals surface area contributed by atoms with Gasteiger partial charge < -0.3 is 10.4 Å². The van der Waals surface area contributed by atoms with Gasteiger partial charge in [0.15, 0.2) is 0 Å². The van der Waals surface area contributed by atoms with Gasteiger partial charge in [0.1, 0.15) is 5.41 Å². The van der Waals surface area contributed by atoms with Crippen LogP contribution in [0.2, 0.25) is 0 Å². The highest BCUT2D eigenvalue weighted by molar-refractivity contribution is 6.05. The fraction of sp³-hybridized carbons (Fsp3) is 0.867. The summed E-state index contributed by atoms with van der Waals surface area (Å²) in [5.41, 5.74) is -1.14. The van der Waals surface area contributed by atoms with Crippen LogP contribution in [0.15, 0.2) is 0 Å². The molecule has 0 atom stereocenters. The lowest BCUT2D eigenvalue weighted by atomic mass is 9.53. The Morgan fingerprint density at radius 2 is 1.42 bits per heavy atom. The van der Waals surface area contributed by atoms with Crippen LogP contribution in [0.4, 0.5) is 0 Å². The standard InChI is InChI=1S/C15H21NO3/c17-12(15(1-2-15)13(18)19)16-14-6-9-3-10(7-14)5-11(4-9)8-14/h9-11H,1-8H2,(H,16,17)(H,18,19). The molecule has 5 aliphatic carbocycles. The number of carboxylic acid groups (broad SMARTS) is 1. The van der Waals surface area contributed by atoms with E-state index in [2.05, 4.69) is 5.32 Å². The number of carbonyl (C=O) groups is 2. The summed E-state index contributed by atoms with van der Waals surface area (Å²) in [6.45, 7) is 0. The number of rotatable bonds is 3. The summed E-state index contributed by atoms with van der Waals surface area (Å²) >= 11 is 0. The van der Waals surface area contributed by atoms with E-state index in [4.69, 9.17) is 0 Å². The van der Waals surface area contributed by atoms with Crippen molar-refractivity contribution in [3.8, 4) is 0 Å². The zero-order chi connectivity index (χ0) is 13.3. The smallest absolute Gasteiger partial charge is 0.319 e. The molecule has 0 unspecified atom stereocenters. The molecule has 5 rings (SSSR count). The molecule has 5 aliphatic rings. The maximum atomic E-state index is 12.4. The Balaban J connectivity index is 1.54. The van der Waals surface area contributed by atoms with Gasteiger partial charge in [-0.25, -0.2) is 0 Å². The number of nitrogens with one attached hydrogen (secondary N) is 1. The van der Waals surface area contributed by atoms with Gasteiger partial charge in [-0.1, -0.05) is 0 Å². The minimum Gasteiger partial charge on any atom is -0.480 e. The van der Waals surface area contributed by atoms with Crippen LogP contribution in [0, 0.1) is 23.2 Å². The van der Waals surface area contributed by atoms with Crippen molar-refractivity contribution < 1.29 is 14.7 Å². The lowest BCUT2D eigenvalue weighted by Gasteiger charge is -2.57.